The van der Waals surface area contributed by atoms with Gasteiger partial charge in [0.1, 0.15) is 0 Å². The van der Waals surface area contributed by atoms with Gasteiger partial charge in [0.15, 0.2) is 0 Å². The van der Waals surface area contributed by atoms with Gasteiger partial charge in [-0.3, -0.25) is 4.79 Å². The van der Waals surface area contributed by atoms with E-state index in [2.05, 4.69) is 29.5 Å². The van der Waals surface area contributed by atoms with E-state index in [1.807, 2.05) is 0 Å². The molecule has 22 heavy (non-hydrogen) atoms. The van der Waals surface area contributed by atoms with Crippen LogP contribution in [0, 0.1) is 5.92 Å². The van der Waals surface area contributed by atoms with Gasteiger partial charge in [-0.25, -0.2) is 4.98 Å². The number of amides is 1. The molecule has 0 spiro atoms. The van der Waals surface area contributed by atoms with Gasteiger partial charge >= 0.3 is 0 Å². The van der Waals surface area contributed by atoms with Crippen LogP contribution < -0.4 is 11.1 Å². The van der Waals surface area contributed by atoms with Crippen molar-refractivity contribution in [2.45, 2.75) is 57.9 Å². The highest BCUT2D eigenvalue weighted by Crippen LogP contribution is 2.26. The third-order valence-electron chi connectivity index (χ3n) is 3.93. The highest BCUT2D eigenvalue weighted by Gasteiger charge is 2.25. The summed E-state index contributed by atoms with van der Waals surface area (Å²) in [6, 6.07) is 0.216. The molecule has 0 bridgehead atoms. The standard InChI is InChI=1S/C15H25N3OS.2ClH/c1-10(2)15-18-12(9-20-15)6-7-17-14(19)8-11-4-3-5-13(11)16;;/h9-11,13H,3-8,16H2,1-2H3,(H,17,19);2*1H/t11-,13+;;/m0../s1. The van der Waals surface area contributed by atoms with Crippen molar-refractivity contribution in [3.05, 3.63) is 16.1 Å². The predicted molar refractivity (Wildman–Crippen MR) is 97.3 cm³/mol. The van der Waals surface area contributed by atoms with Crippen molar-refractivity contribution < 1.29 is 4.79 Å². The number of carbonyl (C=O) groups excluding carboxylic acids is 1. The predicted octanol–water partition coefficient (Wildman–Crippen LogP) is 3.29. The van der Waals surface area contributed by atoms with E-state index >= 15 is 0 Å². The van der Waals surface area contributed by atoms with E-state index in [-0.39, 0.29) is 36.8 Å². The molecule has 1 fully saturated rings. The zero-order valence-corrected chi connectivity index (χ0v) is 15.7. The minimum Gasteiger partial charge on any atom is -0.356 e. The molecule has 1 aliphatic rings. The zero-order valence-electron chi connectivity index (χ0n) is 13.2. The summed E-state index contributed by atoms with van der Waals surface area (Å²) in [5.41, 5.74) is 7.07. The maximum Gasteiger partial charge on any atom is 0.220 e. The first-order chi connectivity index (χ1) is 9.56. The van der Waals surface area contributed by atoms with E-state index in [4.69, 9.17) is 5.73 Å². The molecule has 1 saturated carbocycles. The number of thiazole rings is 1. The highest BCUT2D eigenvalue weighted by molar-refractivity contribution is 7.09. The van der Waals surface area contributed by atoms with Gasteiger partial charge in [-0.05, 0) is 18.8 Å². The molecule has 7 heteroatoms. The van der Waals surface area contributed by atoms with Crippen LogP contribution >= 0.6 is 36.2 Å². The number of nitrogens with one attached hydrogen (secondary N) is 1. The molecular formula is C15H27Cl2N3OS. The van der Waals surface area contributed by atoms with Gasteiger partial charge in [-0.15, -0.1) is 36.2 Å². The number of hydrogen-bond acceptors (Lipinski definition) is 4. The molecule has 1 aliphatic carbocycles. The van der Waals surface area contributed by atoms with Crippen LogP contribution in [-0.4, -0.2) is 23.5 Å². The first kappa shape index (κ1) is 21.6. The summed E-state index contributed by atoms with van der Waals surface area (Å²) in [6.45, 7) is 4.96. The second-order valence-corrected chi connectivity index (χ2v) is 6.88. The Kier molecular flexibility index (Phi) is 10.3. The first-order valence-corrected chi connectivity index (χ1v) is 8.40. The molecule has 0 radical (unpaired) electrons. The van der Waals surface area contributed by atoms with Crippen LogP contribution in [0.15, 0.2) is 5.38 Å². The molecule has 0 aromatic carbocycles. The Morgan fingerprint density at radius 3 is 2.73 bits per heavy atom. The lowest BCUT2D eigenvalue weighted by molar-refractivity contribution is -0.122. The van der Waals surface area contributed by atoms with E-state index in [0.29, 0.717) is 24.8 Å². The van der Waals surface area contributed by atoms with Gasteiger partial charge in [0.25, 0.3) is 0 Å². The molecule has 0 saturated heterocycles. The van der Waals surface area contributed by atoms with Crippen LogP contribution in [-0.2, 0) is 11.2 Å². The van der Waals surface area contributed by atoms with E-state index in [1.54, 1.807) is 11.3 Å². The lowest BCUT2D eigenvalue weighted by Gasteiger charge is -2.14. The number of hydrogen-bond donors (Lipinski definition) is 2. The summed E-state index contributed by atoms with van der Waals surface area (Å²) in [7, 11) is 0. The molecular weight excluding hydrogens is 341 g/mol. The van der Waals surface area contributed by atoms with Crippen molar-refractivity contribution in [2.75, 3.05) is 6.54 Å². The van der Waals surface area contributed by atoms with Gasteiger partial charge in [0, 0.05) is 36.7 Å². The number of nitrogens with two attached hydrogens (primary N) is 1. The number of halogens is 2. The first-order valence-electron chi connectivity index (χ1n) is 7.53. The molecule has 128 valence electrons. The van der Waals surface area contributed by atoms with Gasteiger partial charge < -0.3 is 11.1 Å². The lowest BCUT2D eigenvalue weighted by atomic mass is 10.00. The summed E-state index contributed by atoms with van der Waals surface area (Å²) < 4.78 is 0. The Hall–Kier alpha value is -0.360. The molecule has 1 amide bonds. The Morgan fingerprint density at radius 2 is 2.18 bits per heavy atom. The maximum atomic E-state index is 11.9. The fourth-order valence-electron chi connectivity index (χ4n) is 2.66. The quantitative estimate of drug-likeness (QED) is 0.810. The van der Waals surface area contributed by atoms with Crippen LogP contribution in [0.4, 0.5) is 0 Å². The number of rotatable bonds is 6. The molecule has 2 atom stereocenters. The average Bonchev–Trinajstić information content (AvgIpc) is 3.00. The van der Waals surface area contributed by atoms with Gasteiger partial charge in [0.05, 0.1) is 10.7 Å². The molecule has 1 aromatic rings. The minimum absolute atomic E-state index is 0. The van der Waals surface area contributed by atoms with E-state index in [1.165, 1.54) is 5.01 Å². The van der Waals surface area contributed by atoms with Crippen LogP contribution in [0.1, 0.15) is 56.2 Å². The molecule has 0 unspecified atom stereocenters. The number of aromatic nitrogens is 1. The Balaban J connectivity index is 0.00000220. The zero-order chi connectivity index (χ0) is 14.5. The van der Waals surface area contributed by atoms with Crippen LogP contribution in [0.5, 0.6) is 0 Å². The second kappa shape index (κ2) is 10.4. The summed E-state index contributed by atoms with van der Waals surface area (Å²) in [4.78, 5) is 16.4. The average molecular weight is 368 g/mol. The molecule has 2 rings (SSSR count). The summed E-state index contributed by atoms with van der Waals surface area (Å²) >= 11 is 1.70. The van der Waals surface area contributed by atoms with Gasteiger partial charge in [0.2, 0.25) is 5.91 Å². The van der Waals surface area contributed by atoms with Gasteiger partial charge in [-0.2, -0.15) is 0 Å². The minimum atomic E-state index is 0. The number of carbonyl (C=O) groups is 1. The molecule has 4 nitrogen and oxygen atoms in total. The third-order valence-corrected chi connectivity index (χ3v) is 5.13. The van der Waals surface area contributed by atoms with Crippen molar-refractivity contribution >= 4 is 42.1 Å². The van der Waals surface area contributed by atoms with Crippen LogP contribution in [0.25, 0.3) is 0 Å². The summed E-state index contributed by atoms with van der Waals surface area (Å²) in [6.07, 6.45) is 4.71. The summed E-state index contributed by atoms with van der Waals surface area (Å²) in [5.74, 6) is 0.987. The number of nitrogens with zero attached hydrogens (tertiary/aromatic N) is 1. The van der Waals surface area contributed by atoms with Crippen LogP contribution in [0.3, 0.4) is 0 Å². The summed E-state index contributed by atoms with van der Waals surface area (Å²) in [5, 5.41) is 6.25. The van der Waals surface area contributed by atoms with Crippen molar-refractivity contribution in [2.24, 2.45) is 11.7 Å². The third kappa shape index (κ3) is 6.41. The molecule has 1 aromatic heterocycles. The Morgan fingerprint density at radius 1 is 1.45 bits per heavy atom. The molecule has 1 heterocycles. The van der Waals surface area contributed by atoms with Crippen molar-refractivity contribution in [3.63, 3.8) is 0 Å². The topological polar surface area (TPSA) is 68.0 Å². The van der Waals surface area contributed by atoms with Crippen molar-refractivity contribution in [1.29, 1.82) is 0 Å². The second-order valence-electron chi connectivity index (χ2n) is 5.99. The largest absolute Gasteiger partial charge is 0.356 e. The van der Waals surface area contributed by atoms with E-state index in [0.717, 1.165) is 31.4 Å². The highest BCUT2D eigenvalue weighted by atomic mass is 35.5. The Labute approximate surface area is 149 Å². The van der Waals surface area contributed by atoms with Crippen LogP contribution in [0.2, 0.25) is 0 Å². The van der Waals surface area contributed by atoms with Gasteiger partial charge in [-0.1, -0.05) is 20.3 Å². The SMILES string of the molecule is CC(C)c1nc(CCNC(=O)C[C@@H]2CCC[C@H]2N)cs1.Cl.Cl. The van der Waals surface area contributed by atoms with E-state index < -0.39 is 0 Å². The maximum absolute atomic E-state index is 11.9. The molecule has 0 aliphatic heterocycles. The monoisotopic (exact) mass is 367 g/mol. The van der Waals surface area contributed by atoms with E-state index in [9.17, 15) is 4.79 Å². The molecule has 3 N–H and O–H groups in total. The normalized spacial score (nSPS) is 20.4. The fraction of sp³-hybridized carbons (Fsp3) is 0.733. The fourth-order valence-corrected chi connectivity index (χ4v) is 3.53. The smallest absolute Gasteiger partial charge is 0.220 e. The van der Waals surface area contributed by atoms with Crippen molar-refractivity contribution in [3.8, 4) is 0 Å². The lowest BCUT2D eigenvalue weighted by Crippen LogP contribution is -2.32. The Bertz CT molecular complexity index is 454. The van der Waals surface area contributed by atoms with Crippen molar-refractivity contribution in [1.82, 2.24) is 10.3 Å².